The number of hydrogen-bond donors (Lipinski definition) is 1. The third kappa shape index (κ3) is 4.98. The summed E-state index contributed by atoms with van der Waals surface area (Å²) in [6.07, 6.45) is 6.36. The van der Waals surface area contributed by atoms with Gasteiger partial charge in [0.2, 0.25) is 0 Å². The molecule has 0 amide bonds. The molecule has 1 aromatic carbocycles. The number of H-pyrrole nitrogens is 1. The number of unbranched alkanes of at least 4 members (excludes halogenated alkanes) is 4. The Labute approximate surface area is 134 Å². The molecule has 0 fully saturated rings. The van der Waals surface area contributed by atoms with Crippen LogP contribution < -0.4 is 5.56 Å². The average molecular weight is 318 g/mol. The maximum atomic E-state index is 11.9. The normalized spacial score (nSPS) is 11.0. The molecule has 0 saturated heterocycles. The van der Waals surface area contributed by atoms with Gasteiger partial charge in [-0.2, -0.15) is 0 Å². The number of hydrogen-bond acceptors (Lipinski definition) is 4. The fourth-order valence-corrected chi connectivity index (χ4v) is 3.05. The summed E-state index contributed by atoms with van der Waals surface area (Å²) in [6.45, 7) is 2.18. The van der Waals surface area contributed by atoms with E-state index in [0.717, 1.165) is 12.8 Å². The van der Waals surface area contributed by atoms with Crippen LogP contribution in [0.2, 0.25) is 0 Å². The summed E-state index contributed by atoms with van der Waals surface area (Å²) in [5.41, 5.74) is 0.515. The molecule has 4 nitrogen and oxygen atoms in total. The highest BCUT2D eigenvalue weighted by molar-refractivity contribution is 7.99. The van der Waals surface area contributed by atoms with Crippen molar-refractivity contribution in [2.24, 2.45) is 0 Å². The van der Waals surface area contributed by atoms with Gasteiger partial charge in [-0.05, 0) is 18.6 Å². The number of nitrogens with zero attached hydrogens (tertiary/aromatic N) is 1. The van der Waals surface area contributed by atoms with Gasteiger partial charge in [0.15, 0.2) is 5.16 Å². The van der Waals surface area contributed by atoms with E-state index < -0.39 is 0 Å². The summed E-state index contributed by atoms with van der Waals surface area (Å²) >= 11 is 1.31. The number of ketones is 1. The summed E-state index contributed by atoms with van der Waals surface area (Å²) < 4.78 is 0. The van der Waals surface area contributed by atoms with Gasteiger partial charge in [-0.1, -0.05) is 56.5 Å². The van der Waals surface area contributed by atoms with E-state index >= 15 is 0 Å². The van der Waals surface area contributed by atoms with E-state index in [4.69, 9.17) is 0 Å². The molecule has 0 spiro atoms. The molecule has 118 valence electrons. The Morgan fingerprint density at radius 3 is 2.77 bits per heavy atom. The predicted octanol–water partition coefficient (Wildman–Crippen LogP) is 3.94. The van der Waals surface area contributed by atoms with Crippen molar-refractivity contribution in [2.45, 2.75) is 50.6 Å². The zero-order valence-corrected chi connectivity index (χ0v) is 13.7. The van der Waals surface area contributed by atoms with Gasteiger partial charge in [-0.3, -0.25) is 9.59 Å². The number of benzene rings is 1. The molecule has 22 heavy (non-hydrogen) atoms. The molecule has 0 unspecified atom stereocenters. The molecule has 0 bridgehead atoms. The van der Waals surface area contributed by atoms with Gasteiger partial charge in [0.25, 0.3) is 5.56 Å². The van der Waals surface area contributed by atoms with Crippen LogP contribution in [0.4, 0.5) is 0 Å². The van der Waals surface area contributed by atoms with Crippen molar-refractivity contribution < 1.29 is 4.79 Å². The highest BCUT2D eigenvalue weighted by Crippen LogP contribution is 2.16. The maximum Gasteiger partial charge on any atom is 0.259 e. The molecule has 5 heteroatoms. The van der Waals surface area contributed by atoms with Crippen LogP contribution in [0.3, 0.4) is 0 Å². The van der Waals surface area contributed by atoms with E-state index in [1.807, 2.05) is 18.2 Å². The minimum atomic E-state index is -0.153. The Hall–Kier alpha value is -1.62. The first-order valence-electron chi connectivity index (χ1n) is 7.84. The van der Waals surface area contributed by atoms with Crippen molar-refractivity contribution in [3.8, 4) is 0 Å². The van der Waals surface area contributed by atoms with E-state index in [1.165, 1.54) is 31.0 Å². The zero-order chi connectivity index (χ0) is 15.8. The first-order valence-corrected chi connectivity index (χ1v) is 8.83. The number of rotatable bonds is 9. The lowest BCUT2D eigenvalue weighted by Crippen LogP contribution is -2.10. The van der Waals surface area contributed by atoms with Gasteiger partial charge >= 0.3 is 0 Å². The van der Waals surface area contributed by atoms with Crippen molar-refractivity contribution in [1.82, 2.24) is 9.97 Å². The number of aromatic nitrogens is 2. The molecule has 0 radical (unpaired) electrons. The topological polar surface area (TPSA) is 62.8 Å². The van der Waals surface area contributed by atoms with E-state index in [0.29, 0.717) is 28.2 Å². The van der Waals surface area contributed by atoms with Crippen molar-refractivity contribution in [3.05, 3.63) is 34.6 Å². The number of thioether (sulfide) groups is 1. The van der Waals surface area contributed by atoms with Gasteiger partial charge in [0.05, 0.1) is 16.7 Å². The molecule has 0 atom stereocenters. The largest absolute Gasteiger partial charge is 0.301 e. The number of Topliss-reactive ketones (excluding diaryl/α,β-unsaturated/α-hetero) is 1. The Balaban J connectivity index is 1.84. The van der Waals surface area contributed by atoms with Crippen LogP contribution in [0.5, 0.6) is 0 Å². The summed E-state index contributed by atoms with van der Waals surface area (Å²) in [6, 6.07) is 7.22. The molecule has 1 aromatic heterocycles. The van der Waals surface area contributed by atoms with E-state index in [1.54, 1.807) is 6.07 Å². The third-order valence-corrected chi connectivity index (χ3v) is 4.45. The highest BCUT2D eigenvalue weighted by Gasteiger charge is 2.07. The zero-order valence-electron chi connectivity index (χ0n) is 12.9. The van der Waals surface area contributed by atoms with Gasteiger partial charge in [0, 0.05) is 6.42 Å². The fraction of sp³-hybridized carbons (Fsp3) is 0.471. The number of carbonyl (C=O) groups excluding carboxylic acids is 1. The second-order valence-electron chi connectivity index (χ2n) is 5.38. The molecule has 0 aliphatic rings. The van der Waals surface area contributed by atoms with Crippen LogP contribution in [0.15, 0.2) is 34.2 Å². The molecule has 0 aliphatic carbocycles. The lowest BCUT2D eigenvalue weighted by atomic mass is 10.1. The number of aromatic amines is 1. The lowest BCUT2D eigenvalue weighted by Gasteiger charge is -2.03. The molecule has 2 rings (SSSR count). The van der Waals surface area contributed by atoms with Crippen LogP contribution in [-0.2, 0) is 4.79 Å². The summed E-state index contributed by atoms with van der Waals surface area (Å²) in [5, 5.41) is 1.09. The standard InChI is InChI=1S/C17H22N2O2S/c1-2-3-4-5-6-9-13(20)12-22-17-18-15-11-8-7-10-14(15)16(21)19-17/h7-8,10-11H,2-6,9,12H2,1H3,(H,18,19,21). The lowest BCUT2D eigenvalue weighted by molar-refractivity contribution is -0.116. The third-order valence-electron chi connectivity index (χ3n) is 3.52. The quantitative estimate of drug-likeness (QED) is 0.432. The van der Waals surface area contributed by atoms with Crippen LogP contribution in [-0.4, -0.2) is 21.5 Å². The molecule has 0 aliphatic heterocycles. The smallest absolute Gasteiger partial charge is 0.259 e. The number of fused-ring (bicyclic) bond motifs is 1. The first-order chi connectivity index (χ1) is 10.7. The van der Waals surface area contributed by atoms with Crippen LogP contribution in [0.1, 0.15) is 45.4 Å². The van der Waals surface area contributed by atoms with E-state index in [9.17, 15) is 9.59 Å². The molecular weight excluding hydrogens is 296 g/mol. The summed E-state index contributed by atoms with van der Waals surface area (Å²) in [7, 11) is 0. The van der Waals surface area contributed by atoms with E-state index in [-0.39, 0.29) is 11.3 Å². The second-order valence-corrected chi connectivity index (χ2v) is 6.34. The molecular formula is C17H22N2O2S. The number of nitrogens with one attached hydrogen (secondary N) is 1. The predicted molar refractivity (Wildman–Crippen MR) is 91.5 cm³/mol. The van der Waals surface area contributed by atoms with Crippen molar-refractivity contribution >= 4 is 28.4 Å². The Kier molecular flexibility index (Phi) is 6.65. The van der Waals surface area contributed by atoms with Gasteiger partial charge < -0.3 is 4.98 Å². The molecule has 1 heterocycles. The van der Waals surface area contributed by atoms with Crippen LogP contribution in [0, 0.1) is 0 Å². The van der Waals surface area contributed by atoms with Gasteiger partial charge in [-0.15, -0.1) is 0 Å². The number of para-hydroxylation sites is 1. The maximum absolute atomic E-state index is 11.9. The van der Waals surface area contributed by atoms with E-state index in [2.05, 4.69) is 16.9 Å². The second kappa shape index (κ2) is 8.73. The van der Waals surface area contributed by atoms with Gasteiger partial charge in [0.1, 0.15) is 5.78 Å². The van der Waals surface area contributed by atoms with Crippen molar-refractivity contribution in [2.75, 3.05) is 5.75 Å². The first kappa shape index (κ1) is 16.7. The Morgan fingerprint density at radius 1 is 1.18 bits per heavy atom. The SMILES string of the molecule is CCCCCCCC(=O)CSc1nc2ccccc2c(=O)[nH]1. The average Bonchev–Trinajstić information content (AvgIpc) is 2.53. The van der Waals surface area contributed by atoms with Crippen molar-refractivity contribution in [3.63, 3.8) is 0 Å². The number of carbonyl (C=O) groups is 1. The monoisotopic (exact) mass is 318 g/mol. The van der Waals surface area contributed by atoms with Gasteiger partial charge in [-0.25, -0.2) is 4.98 Å². The fourth-order valence-electron chi connectivity index (χ4n) is 2.28. The Bertz CT molecular complexity index is 682. The Morgan fingerprint density at radius 2 is 1.95 bits per heavy atom. The van der Waals surface area contributed by atoms with Crippen molar-refractivity contribution in [1.29, 1.82) is 0 Å². The van der Waals surface area contributed by atoms with Crippen LogP contribution >= 0.6 is 11.8 Å². The minimum Gasteiger partial charge on any atom is -0.301 e. The molecule has 2 aromatic rings. The van der Waals surface area contributed by atoms with Crippen LogP contribution in [0.25, 0.3) is 10.9 Å². The summed E-state index contributed by atoms with van der Waals surface area (Å²) in [4.78, 5) is 30.9. The molecule has 1 N–H and O–H groups in total. The summed E-state index contributed by atoms with van der Waals surface area (Å²) in [5.74, 6) is 0.590. The minimum absolute atomic E-state index is 0.153. The highest BCUT2D eigenvalue weighted by atomic mass is 32.2. The molecule has 0 saturated carbocycles.